The average Bonchev–Trinajstić information content (AvgIpc) is 3.63. The number of sulfonamides is 1. The molecule has 0 atom stereocenters. The molecule has 2 N–H and O–H groups in total. The van der Waals surface area contributed by atoms with Gasteiger partial charge in [-0.25, -0.2) is 31.8 Å². The van der Waals surface area contributed by atoms with E-state index >= 15 is 0 Å². The molecule has 1 aromatic carbocycles. The van der Waals surface area contributed by atoms with Crippen molar-refractivity contribution < 1.29 is 22.3 Å². The second-order valence-corrected chi connectivity index (χ2v) is 13.4. The van der Waals surface area contributed by atoms with E-state index in [-0.39, 0.29) is 25.9 Å². The van der Waals surface area contributed by atoms with Gasteiger partial charge in [-0.05, 0) is 63.3 Å². The standard InChI is InChI=1S/C27H34F2N8O3S/c1-19-15-21(31-25(30-19)36-13-9-27(28,29)10-14-36)22-17-37(34-32-22)23-6-5-20(16-24(23)35-11-3-2-4-12-35)33-41(39,40)26(18-38)7-8-26/h5-6,15-17,33,38H,2-4,7-14,18H2,1H3. The van der Waals surface area contributed by atoms with Gasteiger partial charge in [0, 0.05) is 44.7 Å². The molecule has 14 heteroatoms. The van der Waals surface area contributed by atoms with Crippen molar-refractivity contribution in [3.63, 3.8) is 0 Å². The third-order valence-corrected chi connectivity index (χ3v) is 10.4. The van der Waals surface area contributed by atoms with Crippen molar-refractivity contribution in [3.05, 3.63) is 36.2 Å². The number of piperidine rings is 2. The van der Waals surface area contributed by atoms with Crippen LogP contribution < -0.4 is 14.5 Å². The third-order valence-electron chi connectivity index (χ3n) is 8.21. The van der Waals surface area contributed by atoms with Crippen LogP contribution in [-0.2, 0) is 10.0 Å². The molecule has 11 nitrogen and oxygen atoms in total. The zero-order valence-electron chi connectivity index (χ0n) is 22.9. The molecule has 0 amide bonds. The molecule has 1 saturated carbocycles. The first kappa shape index (κ1) is 27.8. The Bertz CT molecular complexity index is 1530. The molecule has 3 aromatic rings. The van der Waals surface area contributed by atoms with Crippen LogP contribution in [0.2, 0.25) is 0 Å². The molecule has 2 aromatic heterocycles. The second kappa shape index (κ2) is 10.5. The van der Waals surface area contributed by atoms with Crippen LogP contribution in [0.15, 0.2) is 30.5 Å². The molecule has 1 aliphatic carbocycles. The molecule has 0 bridgehead atoms. The van der Waals surface area contributed by atoms with Gasteiger partial charge < -0.3 is 14.9 Å². The van der Waals surface area contributed by atoms with E-state index in [0.29, 0.717) is 41.6 Å². The maximum atomic E-state index is 13.7. The van der Waals surface area contributed by atoms with Crippen LogP contribution in [0.1, 0.15) is 50.6 Å². The van der Waals surface area contributed by atoms with Gasteiger partial charge in [0.05, 0.1) is 35.6 Å². The fourth-order valence-electron chi connectivity index (χ4n) is 5.44. The number of halogens is 2. The Kier molecular flexibility index (Phi) is 7.09. The quantitative estimate of drug-likeness (QED) is 0.406. The number of hydrogen-bond acceptors (Lipinski definition) is 9. The monoisotopic (exact) mass is 588 g/mol. The number of hydrogen-bond donors (Lipinski definition) is 2. The molecule has 6 rings (SSSR count). The number of aliphatic hydroxyl groups is 1. The lowest BCUT2D eigenvalue weighted by atomic mass is 10.1. The van der Waals surface area contributed by atoms with Crippen LogP contribution in [-0.4, -0.2) is 81.9 Å². The van der Waals surface area contributed by atoms with Crippen molar-refractivity contribution in [2.45, 2.75) is 62.5 Å². The topological polar surface area (TPSA) is 129 Å². The first-order valence-corrected chi connectivity index (χ1v) is 15.5. The lowest BCUT2D eigenvalue weighted by molar-refractivity contribution is -0.0222. The Balaban J connectivity index is 1.31. The Morgan fingerprint density at radius 3 is 2.34 bits per heavy atom. The van der Waals surface area contributed by atoms with Crippen molar-refractivity contribution in [2.75, 3.05) is 47.3 Å². The van der Waals surface area contributed by atoms with Gasteiger partial charge in [-0.2, -0.15) is 0 Å². The van der Waals surface area contributed by atoms with E-state index in [1.54, 1.807) is 27.9 Å². The van der Waals surface area contributed by atoms with Gasteiger partial charge in [0.2, 0.25) is 16.0 Å². The normalized spacial score (nSPS) is 20.2. The second-order valence-electron chi connectivity index (χ2n) is 11.3. The van der Waals surface area contributed by atoms with Crippen molar-refractivity contribution in [1.29, 1.82) is 0 Å². The molecule has 2 aliphatic heterocycles. The summed E-state index contributed by atoms with van der Waals surface area (Å²) in [6, 6.07) is 7.10. The summed E-state index contributed by atoms with van der Waals surface area (Å²) in [4.78, 5) is 13.1. The van der Waals surface area contributed by atoms with Crippen LogP contribution in [0.3, 0.4) is 0 Å². The summed E-state index contributed by atoms with van der Waals surface area (Å²) in [5.41, 5.74) is 3.73. The number of aryl methyl sites for hydroxylation is 1. The zero-order chi connectivity index (χ0) is 28.8. The van der Waals surface area contributed by atoms with Crippen LogP contribution in [0.5, 0.6) is 0 Å². The number of alkyl halides is 2. The van der Waals surface area contributed by atoms with Crippen LogP contribution in [0.4, 0.5) is 26.1 Å². The highest BCUT2D eigenvalue weighted by atomic mass is 32.2. The SMILES string of the molecule is Cc1cc(-c2cn(-c3ccc(NS(=O)(=O)C4(CO)CC4)cc3N3CCCCC3)nn2)nc(N2CCC(F)(F)CC2)n1. The van der Waals surface area contributed by atoms with Gasteiger partial charge in [-0.3, -0.25) is 4.72 Å². The molecule has 0 unspecified atom stereocenters. The minimum atomic E-state index is -3.75. The maximum Gasteiger partial charge on any atom is 0.251 e. The van der Waals surface area contributed by atoms with Crippen LogP contribution >= 0.6 is 0 Å². The van der Waals surface area contributed by atoms with Gasteiger partial charge in [0.15, 0.2) is 0 Å². The number of benzene rings is 1. The van der Waals surface area contributed by atoms with Crippen molar-refractivity contribution >= 4 is 27.3 Å². The number of anilines is 3. The summed E-state index contributed by atoms with van der Waals surface area (Å²) >= 11 is 0. The highest BCUT2D eigenvalue weighted by Gasteiger charge is 2.54. The average molecular weight is 589 g/mol. The summed E-state index contributed by atoms with van der Waals surface area (Å²) < 4.78 is 56.5. The Hall–Kier alpha value is -3.39. The minimum Gasteiger partial charge on any atom is -0.395 e. The van der Waals surface area contributed by atoms with Gasteiger partial charge in [-0.15, -0.1) is 5.10 Å². The molecule has 0 spiro atoms. The van der Waals surface area contributed by atoms with Crippen molar-refractivity contribution in [3.8, 4) is 17.1 Å². The van der Waals surface area contributed by atoms with Crippen LogP contribution in [0, 0.1) is 6.92 Å². The highest BCUT2D eigenvalue weighted by Crippen LogP contribution is 2.44. The lowest BCUT2D eigenvalue weighted by Gasteiger charge is -2.31. The van der Waals surface area contributed by atoms with Crippen molar-refractivity contribution in [2.24, 2.45) is 0 Å². The number of rotatable bonds is 8. The summed E-state index contributed by atoms with van der Waals surface area (Å²) in [7, 11) is -3.75. The molecular formula is C27H34F2N8O3S. The third kappa shape index (κ3) is 5.59. The zero-order valence-corrected chi connectivity index (χ0v) is 23.7. The number of nitrogens with zero attached hydrogens (tertiary/aromatic N) is 7. The van der Waals surface area contributed by atoms with Gasteiger partial charge in [0.25, 0.3) is 5.92 Å². The molecule has 3 aliphatic rings. The summed E-state index contributed by atoms with van der Waals surface area (Å²) in [5.74, 6) is -2.27. The molecule has 3 fully saturated rings. The summed E-state index contributed by atoms with van der Waals surface area (Å²) in [5, 5.41) is 18.4. The Labute approximate surface area is 237 Å². The smallest absolute Gasteiger partial charge is 0.251 e. The van der Waals surface area contributed by atoms with E-state index in [9.17, 15) is 22.3 Å². The predicted molar refractivity (Wildman–Crippen MR) is 151 cm³/mol. The number of aromatic nitrogens is 5. The number of nitrogens with one attached hydrogen (secondary N) is 1. The molecule has 220 valence electrons. The van der Waals surface area contributed by atoms with Gasteiger partial charge >= 0.3 is 0 Å². The summed E-state index contributed by atoms with van der Waals surface area (Å²) in [6.07, 6.45) is 5.35. The molecule has 2 saturated heterocycles. The minimum absolute atomic E-state index is 0.178. The first-order valence-electron chi connectivity index (χ1n) is 14.0. The Morgan fingerprint density at radius 2 is 1.66 bits per heavy atom. The predicted octanol–water partition coefficient (Wildman–Crippen LogP) is 3.53. The largest absolute Gasteiger partial charge is 0.395 e. The summed E-state index contributed by atoms with van der Waals surface area (Å²) in [6.45, 7) is 3.43. The number of aliphatic hydroxyl groups excluding tert-OH is 1. The van der Waals surface area contributed by atoms with Crippen LogP contribution in [0.25, 0.3) is 17.1 Å². The van der Waals surface area contributed by atoms with E-state index in [2.05, 4.69) is 29.9 Å². The molecule has 41 heavy (non-hydrogen) atoms. The molecular weight excluding hydrogens is 554 g/mol. The lowest BCUT2D eigenvalue weighted by Crippen LogP contribution is -2.40. The highest BCUT2D eigenvalue weighted by molar-refractivity contribution is 7.94. The maximum absolute atomic E-state index is 13.7. The fraction of sp³-hybridized carbons (Fsp3) is 0.556. The van der Waals surface area contributed by atoms with Gasteiger partial charge in [0.1, 0.15) is 10.4 Å². The molecule has 0 radical (unpaired) electrons. The Morgan fingerprint density at radius 1 is 0.927 bits per heavy atom. The fourth-order valence-corrected chi connectivity index (χ4v) is 6.90. The van der Waals surface area contributed by atoms with Crippen molar-refractivity contribution in [1.82, 2.24) is 25.0 Å². The van der Waals surface area contributed by atoms with E-state index in [1.165, 1.54) is 0 Å². The van der Waals surface area contributed by atoms with E-state index in [4.69, 9.17) is 0 Å². The van der Waals surface area contributed by atoms with Gasteiger partial charge in [-0.1, -0.05) is 5.21 Å². The van der Waals surface area contributed by atoms with E-state index < -0.39 is 27.3 Å². The first-order chi connectivity index (χ1) is 19.6. The molecule has 4 heterocycles. The van der Waals surface area contributed by atoms with E-state index in [1.807, 2.05) is 19.1 Å². The van der Waals surface area contributed by atoms with E-state index in [0.717, 1.165) is 43.7 Å².